The van der Waals surface area contributed by atoms with Crippen LogP contribution in [0.4, 0.5) is 10.5 Å². The molecule has 0 bridgehead atoms. The Bertz CT molecular complexity index is 1220. The van der Waals surface area contributed by atoms with E-state index in [1.54, 1.807) is 15.9 Å². The zero-order chi connectivity index (χ0) is 24.8. The van der Waals surface area contributed by atoms with E-state index in [9.17, 15) is 9.59 Å². The van der Waals surface area contributed by atoms with Gasteiger partial charge in [0.15, 0.2) is 11.0 Å². The van der Waals surface area contributed by atoms with E-state index in [2.05, 4.69) is 32.9 Å². The minimum atomic E-state index is -0.556. The van der Waals surface area contributed by atoms with Gasteiger partial charge in [0.1, 0.15) is 6.33 Å². The topological polar surface area (TPSA) is 105 Å². The third-order valence-corrected chi connectivity index (χ3v) is 6.58. The molecular formula is C25H29N7O2S. The van der Waals surface area contributed by atoms with Crippen LogP contribution in [0.15, 0.2) is 59.9 Å². The standard InChI is InChI=1S/C25H29N7O2S/c1-4-5-8-19-9-6-7-10-21(19)32-22(33)15-35-25(32)27-24(34)29-28-17(2)18-11-13-20(14-12-18)23-26-16-31(3)30-23/h6-7,9-14,16-17,28H,4-5,8,15H2,1-3H3,(H,29,34). The molecule has 4 rings (SSSR count). The molecule has 1 aliphatic rings. The highest BCUT2D eigenvalue weighted by Crippen LogP contribution is 2.30. The van der Waals surface area contributed by atoms with Gasteiger partial charge in [0.2, 0.25) is 5.91 Å². The molecule has 0 saturated carbocycles. The molecule has 182 valence electrons. The van der Waals surface area contributed by atoms with Crippen molar-refractivity contribution in [3.8, 4) is 11.4 Å². The first-order valence-corrected chi connectivity index (χ1v) is 12.6. The minimum absolute atomic E-state index is 0.0747. The molecule has 0 radical (unpaired) electrons. The van der Waals surface area contributed by atoms with Crippen LogP contribution in [0, 0.1) is 0 Å². The van der Waals surface area contributed by atoms with Crippen LogP contribution in [0.1, 0.15) is 43.9 Å². The number of thioether (sulfide) groups is 1. The number of amidine groups is 1. The van der Waals surface area contributed by atoms with Crippen LogP contribution in [0.5, 0.6) is 0 Å². The van der Waals surface area contributed by atoms with E-state index in [1.165, 1.54) is 11.8 Å². The predicted octanol–water partition coefficient (Wildman–Crippen LogP) is 4.24. The molecule has 2 N–H and O–H groups in total. The Morgan fingerprint density at radius 2 is 1.97 bits per heavy atom. The van der Waals surface area contributed by atoms with Gasteiger partial charge in [0, 0.05) is 18.7 Å². The maximum atomic E-state index is 12.6. The van der Waals surface area contributed by atoms with Gasteiger partial charge in [-0.25, -0.2) is 15.2 Å². The van der Waals surface area contributed by atoms with Crippen LogP contribution in [0.3, 0.4) is 0 Å². The fourth-order valence-corrected chi connectivity index (χ4v) is 4.61. The van der Waals surface area contributed by atoms with E-state index < -0.39 is 6.03 Å². The SMILES string of the molecule is CCCCc1ccccc1N1C(=O)CSC1=NC(=O)NNC(C)c1ccc(-c2ncn(C)n2)cc1. The number of urea groups is 1. The highest BCUT2D eigenvalue weighted by Gasteiger charge is 2.31. The van der Waals surface area contributed by atoms with E-state index in [-0.39, 0.29) is 17.7 Å². The van der Waals surface area contributed by atoms with Crippen molar-refractivity contribution in [1.82, 2.24) is 25.6 Å². The normalized spacial score (nSPS) is 15.6. The van der Waals surface area contributed by atoms with Gasteiger partial charge in [0.05, 0.1) is 11.4 Å². The molecule has 3 amide bonds. The molecule has 3 aromatic rings. The summed E-state index contributed by atoms with van der Waals surface area (Å²) in [5.74, 6) is 0.845. The average molecular weight is 492 g/mol. The Morgan fingerprint density at radius 1 is 1.20 bits per heavy atom. The summed E-state index contributed by atoms with van der Waals surface area (Å²) < 4.78 is 1.66. The van der Waals surface area contributed by atoms with E-state index in [1.807, 2.05) is 62.5 Å². The smallest absolute Gasteiger partial charge is 0.273 e. The fraction of sp³-hybridized carbons (Fsp3) is 0.320. The lowest BCUT2D eigenvalue weighted by atomic mass is 10.1. The van der Waals surface area contributed by atoms with Gasteiger partial charge >= 0.3 is 6.03 Å². The summed E-state index contributed by atoms with van der Waals surface area (Å²) in [4.78, 5) is 35.2. The Morgan fingerprint density at radius 3 is 2.69 bits per heavy atom. The van der Waals surface area contributed by atoms with E-state index >= 15 is 0 Å². The fourth-order valence-electron chi connectivity index (χ4n) is 3.75. The number of para-hydroxylation sites is 1. The zero-order valence-corrected chi connectivity index (χ0v) is 20.9. The second-order valence-electron chi connectivity index (χ2n) is 8.30. The van der Waals surface area contributed by atoms with Crippen molar-refractivity contribution in [2.75, 3.05) is 10.7 Å². The number of unbranched alkanes of at least 4 members (excludes halogenated alkanes) is 1. The van der Waals surface area contributed by atoms with Crippen LogP contribution < -0.4 is 15.8 Å². The maximum Gasteiger partial charge on any atom is 0.357 e. The van der Waals surface area contributed by atoms with E-state index in [0.29, 0.717) is 11.0 Å². The monoisotopic (exact) mass is 491 g/mol. The van der Waals surface area contributed by atoms with Crippen LogP contribution in [-0.2, 0) is 18.3 Å². The van der Waals surface area contributed by atoms with Gasteiger partial charge < -0.3 is 0 Å². The van der Waals surface area contributed by atoms with Gasteiger partial charge in [-0.1, -0.05) is 67.6 Å². The van der Waals surface area contributed by atoms with Crippen molar-refractivity contribution >= 4 is 34.6 Å². The number of aliphatic imine (C=N–C) groups is 1. The number of carbonyl (C=O) groups is 2. The molecule has 0 spiro atoms. The van der Waals surface area contributed by atoms with Crippen molar-refractivity contribution in [2.24, 2.45) is 12.0 Å². The Labute approximate surface area is 209 Å². The highest BCUT2D eigenvalue weighted by atomic mass is 32.2. The quantitative estimate of drug-likeness (QED) is 0.457. The highest BCUT2D eigenvalue weighted by molar-refractivity contribution is 8.15. The Hall–Kier alpha value is -3.50. The number of amides is 3. The number of hydrogen-bond acceptors (Lipinski definition) is 6. The molecule has 1 saturated heterocycles. The summed E-state index contributed by atoms with van der Waals surface area (Å²) in [5.41, 5.74) is 9.40. The zero-order valence-electron chi connectivity index (χ0n) is 20.1. The van der Waals surface area contributed by atoms with Gasteiger partial charge in [-0.15, -0.1) is 0 Å². The van der Waals surface area contributed by atoms with Gasteiger partial charge in [-0.3, -0.25) is 19.8 Å². The van der Waals surface area contributed by atoms with E-state index in [4.69, 9.17) is 0 Å². The number of aryl methyl sites for hydroxylation is 2. The second-order valence-corrected chi connectivity index (χ2v) is 9.25. The molecule has 35 heavy (non-hydrogen) atoms. The minimum Gasteiger partial charge on any atom is -0.273 e. The molecule has 10 heteroatoms. The number of rotatable bonds is 8. The van der Waals surface area contributed by atoms with Crippen LogP contribution in [-0.4, -0.2) is 37.6 Å². The molecular weight excluding hydrogens is 462 g/mol. The number of carbonyl (C=O) groups excluding carboxylic acids is 2. The van der Waals surface area contributed by atoms with Gasteiger partial charge in [0.25, 0.3) is 0 Å². The number of hydrazine groups is 1. The molecule has 2 aromatic carbocycles. The molecule has 1 atom stereocenters. The molecule has 9 nitrogen and oxygen atoms in total. The summed E-state index contributed by atoms with van der Waals surface area (Å²) in [7, 11) is 1.83. The van der Waals surface area contributed by atoms with Crippen molar-refractivity contribution in [1.29, 1.82) is 0 Å². The second kappa shape index (κ2) is 11.3. The summed E-state index contributed by atoms with van der Waals surface area (Å²) in [5, 5.41) is 4.69. The van der Waals surface area contributed by atoms with Crippen molar-refractivity contribution in [3.63, 3.8) is 0 Å². The number of nitrogens with zero attached hydrogens (tertiary/aromatic N) is 5. The van der Waals surface area contributed by atoms with E-state index in [0.717, 1.165) is 41.6 Å². The lowest BCUT2D eigenvalue weighted by molar-refractivity contribution is -0.115. The summed E-state index contributed by atoms with van der Waals surface area (Å²) >= 11 is 1.27. The van der Waals surface area contributed by atoms with Crippen molar-refractivity contribution in [2.45, 2.75) is 39.2 Å². The molecule has 0 aliphatic carbocycles. The molecule has 1 fully saturated rings. The number of benzene rings is 2. The third kappa shape index (κ3) is 5.95. The summed E-state index contributed by atoms with van der Waals surface area (Å²) in [6, 6.07) is 14.9. The molecule has 2 heterocycles. The van der Waals surface area contributed by atoms with Crippen molar-refractivity contribution < 1.29 is 9.59 Å². The predicted molar refractivity (Wildman–Crippen MR) is 139 cm³/mol. The first-order valence-electron chi connectivity index (χ1n) is 11.6. The van der Waals surface area contributed by atoms with Crippen molar-refractivity contribution in [3.05, 3.63) is 66.0 Å². The average Bonchev–Trinajstić information content (AvgIpc) is 3.46. The van der Waals surface area contributed by atoms with Crippen LogP contribution >= 0.6 is 11.8 Å². The molecule has 1 aliphatic heterocycles. The number of nitrogens with one attached hydrogen (secondary N) is 2. The molecule has 1 unspecified atom stereocenters. The van der Waals surface area contributed by atoms with Gasteiger partial charge in [-0.2, -0.15) is 10.1 Å². The van der Waals surface area contributed by atoms with Crippen LogP contribution in [0.2, 0.25) is 0 Å². The number of aromatic nitrogens is 3. The third-order valence-electron chi connectivity index (χ3n) is 5.66. The first kappa shape index (κ1) is 24.6. The summed E-state index contributed by atoms with van der Waals surface area (Å²) in [6.45, 7) is 4.07. The lowest BCUT2D eigenvalue weighted by Crippen LogP contribution is -2.39. The lowest BCUT2D eigenvalue weighted by Gasteiger charge is -2.20. The number of anilines is 1. The van der Waals surface area contributed by atoms with Crippen LogP contribution in [0.25, 0.3) is 11.4 Å². The molecule has 1 aromatic heterocycles. The first-order chi connectivity index (χ1) is 17.0. The largest absolute Gasteiger partial charge is 0.357 e. The Kier molecular flexibility index (Phi) is 7.94. The number of hydrogen-bond donors (Lipinski definition) is 2. The Balaban J connectivity index is 1.40. The maximum absolute atomic E-state index is 12.6. The van der Waals surface area contributed by atoms with Gasteiger partial charge in [-0.05, 0) is 37.0 Å². The summed E-state index contributed by atoms with van der Waals surface area (Å²) in [6.07, 6.45) is 4.62.